The zero-order chi connectivity index (χ0) is 29.7. The Morgan fingerprint density at radius 2 is 1.86 bits per heavy atom. The SMILES string of the molecule is CNc1cc(Nc2ncc(C(=O)OC(C)C)c(-c3cn(C4CC4)c4ccccc34)n2)c(OC)cc1N1CC2CNCC2C1. The lowest BCUT2D eigenvalue weighted by Gasteiger charge is -2.25. The van der Waals surface area contributed by atoms with Crippen LogP contribution in [-0.4, -0.2) is 66.9 Å². The number of aromatic nitrogens is 3. The van der Waals surface area contributed by atoms with E-state index in [1.165, 1.54) is 0 Å². The number of anilines is 4. The van der Waals surface area contributed by atoms with Crippen LogP contribution in [0.4, 0.5) is 23.0 Å². The number of methoxy groups -OCH3 is 1. The maximum Gasteiger partial charge on any atom is 0.342 e. The average Bonchev–Trinajstić information content (AvgIpc) is 3.44. The molecule has 4 heterocycles. The van der Waals surface area contributed by atoms with Crippen LogP contribution in [0.2, 0.25) is 0 Å². The number of ether oxygens (including phenoxy) is 2. The number of nitrogens with zero attached hydrogens (tertiary/aromatic N) is 4. The number of fused-ring (bicyclic) bond motifs is 2. The molecule has 2 unspecified atom stereocenters. The number of nitrogens with one attached hydrogen (secondary N) is 3. The monoisotopic (exact) mass is 581 g/mol. The molecule has 224 valence electrons. The van der Waals surface area contributed by atoms with Gasteiger partial charge >= 0.3 is 5.97 Å². The smallest absolute Gasteiger partial charge is 0.342 e. The summed E-state index contributed by atoms with van der Waals surface area (Å²) in [5.41, 5.74) is 5.76. The molecule has 2 aromatic heterocycles. The van der Waals surface area contributed by atoms with Crippen molar-refractivity contribution in [2.45, 2.75) is 38.8 Å². The Hall–Kier alpha value is -4.31. The van der Waals surface area contributed by atoms with Crippen molar-refractivity contribution in [1.29, 1.82) is 0 Å². The Morgan fingerprint density at radius 3 is 2.56 bits per heavy atom. The van der Waals surface area contributed by atoms with Gasteiger partial charge in [0, 0.05) is 74.2 Å². The van der Waals surface area contributed by atoms with Crippen molar-refractivity contribution in [1.82, 2.24) is 19.9 Å². The minimum Gasteiger partial charge on any atom is -0.494 e. The van der Waals surface area contributed by atoms with Crippen LogP contribution < -0.4 is 25.6 Å². The summed E-state index contributed by atoms with van der Waals surface area (Å²) in [4.78, 5) is 25.2. The number of hydrogen-bond acceptors (Lipinski definition) is 9. The van der Waals surface area contributed by atoms with Gasteiger partial charge in [-0.05, 0) is 50.7 Å². The van der Waals surface area contributed by atoms with Crippen molar-refractivity contribution in [2.75, 3.05) is 55.9 Å². The highest BCUT2D eigenvalue weighted by Gasteiger charge is 2.37. The third-order valence-electron chi connectivity index (χ3n) is 8.85. The van der Waals surface area contributed by atoms with E-state index in [0.717, 1.165) is 72.5 Å². The fraction of sp³-hybridized carbons (Fsp3) is 0.424. The summed E-state index contributed by atoms with van der Waals surface area (Å²) in [5.74, 6) is 1.97. The molecule has 7 rings (SSSR count). The summed E-state index contributed by atoms with van der Waals surface area (Å²) >= 11 is 0. The molecule has 0 amide bonds. The molecule has 1 saturated carbocycles. The lowest BCUT2D eigenvalue weighted by molar-refractivity contribution is 0.0378. The molecule has 3 N–H and O–H groups in total. The van der Waals surface area contributed by atoms with Gasteiger partial charge in [-0.1, -0.05) is 18.2 Å². The van der Waals surface area contributed by atoms with E-state index in [-0.39, 0.29) is 6.10 Å². The van der Waals surface area contributed by atoms with Gasteiger partial charge in [0.2, 0.25) is 5.95 Å². The highest BCUT2D eigenvalue weighted by atomic mass is 16.5. The molecule has 0 radical (unpaired) electrons. The van der Waals surface area contributed by atoms with E-state index in [4.69, 9.17) is 14.5 Å². The lowest BCUT2D eigenvalue weighted by atomic mass is 10.0. The third kappa shape index (κ3) is 5.14. The number of rotatable bonds is 9. The van der Waals surface area contributed by atoms with Crippen molar-refractivity contribution in [3.63, 3.8) is 0 Å². The second-order valence-electron chi connectivity index (χ2n) is 12.1. The molecule has 0 bridgehead atoms. The normalized spacial score (nSPS) is 19.6. The molecule has 2 atom stereocenters. The van der Waals surface area contributed by atoms with Crippen molar-refractivity contribution >= 4 is 39.9 Å². The van der Waals surface area contributed by atoms with Crippen molar-refractivity contribution < 1.29 is 14.3 Å². The summed E-state index contributed by atoms with van der Waals surface area (Å²) < 4.78 is 13.8. The summed E-state index contributed by atoms with van der Waals surface area (Å²) in [6.45, 7) is 7.88. The summed E-state index contributed by atoms with van der Waals surface area (Å²) in [6.07, 6.45) is 5.72. The molecule has 43 heavy (non-hydrogen) atoms. The van der Waals surface area contributed by atoms with E-state index in [2.05, 4.69) is 54.8 Å². The van der Waals surface area contributed by atoms with Crippen LogP contribution in [0.15, 0.2) is 48.8 Å². The molecule has 3 fully saturated rings. The molecule has 10 heteroatoms. The number of benzene rings is 2. The first-order chi connectivity index (χ1) is 20.9. The van der Waals surface area contributed by atoms with Gasteiger partial charge in [-0.3, -0.25) is 0 Å². The number of para-hydroxylation sites is 1. The van der Waals surface area contributed by atoms with Gasteiger partial charge < -0.3 is 34.9 Å². The second kappa shape index (κ2) is 11.1. The van der Waals surface area contributed by atoms with Gasteiger partial charge in [-0.25, -0.2) is 14.8 Å². The van der Waals surface area contributed by atoms with Gasteiger partial charge in [0.25, 0.3) is 0 Å². The Kier molecular flexibility index (Phi) is 7.09. The molecule has 2 saturated heterocycles. The average molecular weight is 582 g/mol. The summed E-state index contributed by atoms with van der Waals surface area (Å²) in [7, 11) is 3.61. The molecule has 2 aliphatic heterocycles. The minimum atomic E-state index is -0.440. The quantitative estimate of drug-likeness (QED) is 0.223. The maximum atomic E-state index is 13.3. The second-order valence-corrected chi connectivity index (χ2v) is 12.1. The Balaban J connectivity index is 1.28. The molecule has 3 aliphatic rings. The van der Waals surface area contributed by atoms with Crippen LogP contribution >= 0.6 is 0 Å². The van der Waals surface area contributed by atoms with Crippen LogP contribution in [0.5, 0.6) is 5.75 Å². The standard InChI is InChI=1S/C33H39N7O3/c1-19(2)43-32(41)24-15-36-33(38-31(24)25-18-40(22-9-10-22)28-8-6-5-7-23(25)28)37-27-11-26(34-3)29(12-30(27)42-4)39-16-20-13-35-14-21(20)17-39/h5-8,11-12,15,18-22,34-35H,9-10,13-14,16-17H2,1-4H3,(H,36,37,38). The van der Waals surface area contributed by atoms with E-state index >= 15 is 0 Å². The fourth-order valence-electron chi connectivity index (χ4n) is 6.59. The van der Waals surface area contributed by atoms with Gasteiger partial charge in [0.05, 0.1) is 36.0 Å². The van der Waals surface area contributed by atoms with E-state index in [0.29, 0.717) is 40.8 Å². The summed E-state index contributed by atoms with van der Waals surface area (Å²) in [6, 6.07) is 12.9. The van der Waals surface area contributed by atoms with Crippen molar-refractivity contribution in [2.24, 2.45) is 11.8 Å². The van der Waals surface area contributed by atoms with E-state index in [1.807, 2.05) is 39.1 Å². The van der Waals surface area contributed by atoms with E-state index in [1.54, 1.807) is 13.3 Å². The van der Waals surface area contributed by atoms with E-state index in [9.17, 15) is 4.79 Å². The van der Waals surface area contributed by atoms with E-state index < -0.39 is 5.97 Å². The van der Waals surface area contributed by atoms with Gasteiger partial charge in [-0.2, -0.15) is 0 Å². The van der Waals surface area contributed by atoms with Crippen LogP contribution in [0.25, 0.3) is 22.2 Å². The predicted molar refractivity (Wildman–Crippen MR) is 170 cm³/mol. The lowest BCUT2D eigenvalue weighted by Crippen LogP contribution is -2.26. The third-order valence-corrected chi connectivity index (χ3v) is 8.85. The number of carbonyl (C=O) groups excluding carboxylic acids is 1. The van der Waals surface area contributed by atoms with Crippen molar-refractivity contribution in [3.05, 3.63) is 54.4 Å². The highest BCUT2D eigenvalue weighted by Crippen LogP contribution is 2.43. The molecular weight excluding hydrogens is 542 g/mol. The largest absolute Gasteiger partial charge is 0.494 e. The zero-order valence-corrected chi connectivity index (χ0v) is 25.2. The Bertz CT molecular complexity index is 1670. The minimum absolute atomic E-state index is 0.264. The van der Waals surface area contributed by atoms with Gasteiger partial charge in [0.1, 0.15) is 11.3 Å². The molecule has 2 aromatic carbocycles. The number of hydrogen-bond donors (Lipinski definition) is 3. The Morgan fingerprint density at radius 1 is 1.09 bits per heavy atom. The first-order valence-electron chi connectivity index (χ1n) is 15.2. The topological polar surface area (TPSA) is 106 Å². The van der Waals surface area contributed by atoms with Crippen LogP contribution in [-0.2, 0) is 4.74 Å². The maximum absolute atomic E-state index is 13.3. The Labute approximate surface area is 251 Å². The highest BCUT2D eigenvalue weighted by molar-refractivity contribution is 6.03. The molecule has 4 aromatic rings. The van der Waals surface area contributed by atoms with Crippen LogP contribution in [0, 0.1) is 11.8 Å². The van der Waals surface area contributed by atoms with Crippen LogP contribution in [0.1, 0.15) is 43.1 Å². The summed E-state index contributed by atoms with van der Waals surface area (Å²) in [5, 5.41) is 11.3. The zero-order valence-electron chi connectivity index (χ0n) is 25.2. The van der Waals surface area contributed by atoms with Gasteiger partial charge in [-0.15, -0.1) is 0 Å². The molecule has 10 nitrogen and oxygen atoms in total. The van der Waals surface area contributed by atoms with Crippen LogP contribution in [0.3, 0.4) is 0 Å². The number of esters is 1. The first-order valence-corrected chi connectivity index (χ1v) is 15.2. The predicted octanol–water partition coefficient (Wildman–Crippen LogP) is 5.45. The van der Waals surface area contributed by atoms with Crippen molar-refractivity contribution in [3.8, 4) is 17.0 Å². The molecule has 0 spiro atoms. The number of carbonyl (C=O) groups is 1. The fourth-order valence-corrected chi connectivity index (χ4v) is 6.59. The first kappa shape index (κ1) is 27.5. The molecule has 1 aliphatic carbocycles. The molecular formula is C33H39N7O3. The van der Waals surface area contributed by atoms with Gasteiger partial charge in [0.15, 0.2) is 0 Å².